The summed E-state index contributed by atoms with van der Waals surface area (Å²) >= 11 is 3.09. The van der Waals surface area contributed by atoms with Crippen molar-refractivity contribution in [2.75, 3.05) is 17.6 Å². The van der Waals surface area contributed by atoms with Crippen LogP contribution in [0.1, 0.15) is 5.69 Å². The number of thioether (sulfide) groups is 1. The van der Waals surface area contributed by atoms with Gasteiger partial charge in [-0.2, -0.15) is 16.8 Å². The van der Waals surface area contributed by atoms with Gasteiger partial charge in [-0.05, 0) is 6.07 Å². The standard InChI is InChI=1S/C12H15N7O2S2/c13-11(14)18-12-17-8(7-23-12)6-22-4-3-15-10-2-1-9(5-16-10)19(20)21/h1-2,5,7H,3-4,6H2,(H,15,16)(H4,13,14,17,18). The first kappa shape index (κ1) is 17.0. The van der Waals surface area contributed by atoms with Crippen molar-refractivity contribution in [2.24, 2.45) is 16.5 Å². The molecule has 9 nitrogen and oxygen atoms in total. The zero-order chi connectivity index (χ0) is 16.7. The van der Waals surface area contributed by atoms with Crippen molar-refractivity contribution in [3.05, 3.63) is 39.5 Å². The van der Waals surface area contributed by atoms with Crippen molar-refractivity contribution in [3.8, 4) is 0 Å². The van der Waals surface area contributed by atoms with E-state index in [0.29, 0.717) is 17.5 Å². The van der Waals surface area contributed by atoms with Crippen molar-refractivity contribution in [3.63, 3.8) is 0 Å². The summed E-state index contributed by atoms with van der Waals surface area (Å²) in [6.07, 6.45) is 1.23. The van der Waals surface area contributed by atoms with Gasteiger partial charge in [0.15, 0.2) is 5.96 Å². The van der Waals surface area contributed by atoms with E-state index in [1.807, 2.05) is 5.38 Å². The number of nitrogens with one attached hydrogen (secondary N) is 1. The lowest BCUT2D eigenvalue weighted by molar-refractivity contribution is -0.385. The van der Waals surface area contributed by atoms with Crippen molar-refractivity contribution in [1.82, 2.24) is 9.97 Å². The molecule has 2 rings (SSSR count). The Morgan fingerprint density at radius 1 is 1.48 bits per heavy atom. The van der Waals surface area contributed by atoms with Gasteiger partial charge >= 0.3 is 0 Å². The number of thiazole rings is 1. The molecule has 2 aromatic heterocycles. The number of aromatic nitrogens is 2. The second-order valence-electron chi connectivity index (χ2n) is 4.30. The summed E-state index contributed by atoms with van der Waals surface area (Å²) in [5, 5.41) is 16.1. The Hall–Kier alpha value is -2.40. The monoisotopic (exact) mass is 353 g/mol. The van der Waals surface area contributed by atoms with Crippen LogP contribution < -0.4 is 16.8 Å². The maximum Gasteiger partial charge on any atom is 0.287 e. The van der Waals surface area contributed by atoms with Crippen LogP contribution in [-0.2, 0) is 5.75 Å². The predicted octanol–water partition coefficient (Wildman–Crippen LogP) is 1.70. The number of guanidine groups is 1. The number of anilines is 1. The Morgan fingerprint density at radius 3 is 2.96 bits per heavy atom. The van der Waals surface area contributed by atoms with Gasteiger partial charge in [-0.25, -0.2) is 9.97 Å². The molecule has 0 aliphatic heterocycles. The molecule has 11 heteroatoms. The molecule has 2 aromatic rings. The minimum absolute atomic E-state index is 0.00153. The van der Waals surface area contributed by atoms with Crippen LogP contribution in [0.5, 0.6) is 0 Å². The van der Waals surface area contributed by atoms with Crippen molar-refractivity contribution >= 4 is 45.7 Å². The Kier molecular flexibility index (Phi) is 6.11. The van der Waals surface area contributed by atoms with Crippen molar-refractivity contribution < 1.29 is 4.92 Å². The van der Waals surface area contributed by atoms with Crippen LogP contribution in [0.25, 0.3) is 0 Å². The van der Waals surface area contributed by atoms with E-state index in [1.54, 1.807) is 17.8 Å². The van der Waals surface area contributed by atoms with Crippen molar-refractivity contribution in [1.29, 1.82) is 0 Å². The number of nitrogens with two attached hydrogens (primary N) is 2. The number of aliphatic imine (C=N–C) groups is 1. The van der Waals surface area contributed by atoms with Gasteiger partial charge in [0.05, 0.1) is 10.6 Å². The van der Waals surface area contributed by atoms with E-state index in [0.717, 1.165) is 17.2 Å². The van der Waals surface area contributed by atoms with E-state index in [1.165, 1.54) is 23.6 Å². The average Bonchev–Trinajstić information content (AvgIpc) is 2.94. The normalized spacial score (nSPS) is 10.3. The number of nitro groups is 1. The van der Waals surface area contributed by atoms with Gasteiger partial charge in [0, 0.05) is 29.5 Å². The molecule has 0 saturated carbocycles. The molecule has 2 heterocycles. The largest absolute Gasteiger partial charge is 0.370 e. The summed E-state index contributed by atoms with van der Waals surface area (Å²) in [6, 6.07) is 3.01. The summed E-state index contributed by atoms with van der Waals surface area (Å²) < 4.78 is 0. The molecule has 0 fully saturated rings. The lowest BCUT2D eigenvalue weighted by Gasteiger charge is -2.04. The SMILES string of the molecule is NC(N)=Nc1nc(CSCCNc2ccc([N+](=O)[O-])cn2)cs1. The Balaban J connectivity index is 1.68. The van der Waals surface area contributed by atoms with Crippen LogP contribution >= 0.6 is 23.1 Å². The van der Waals surface area contributed by atoms with E-state index in [4.69, 9.17) is 11.5 Å². The predicted molar refractivity (Wildman–Crippen MR) is 93.1 cm³/mol. The van der Waals surface area contributed by atoms with Gasteiger partial charge in [-0.3, -0.25) is 10.1 Å². The van der Waals surface area contributed by atoms with Crippen LogP contribution in [0.3, 0.4) is 0 Å². The third-order valence-corrected chi connectivity index (χ3v) is 4.30. The highest BCUT2D eigenvalue weighted by molar-refractivity contribution is 7.98. The average molecular weight is 353 g/mol. The highest BCUT2D eigenvalue weighted by Gasteiger charge is 2.05. The summed E-state index contributed by atoms with van der Waals surface area (Å²) in [5.74, 6) is 2.21. The molecule has 5 N–H and O–H groups in total. The van der Waals surface area contributed by atoms with E-state index in [9.17, 15) is 10.1 Å². The fraction of sp³-hybridized carbons (Fsp3) is 0.250. The molecule has 0 amide bonds. The molecule has 23 heavy (non-hydrogen) atoms. The van der Waals surface area contributed by atoms with Crippen LogP contribution in [0.15, 0.2) is 28.7 Å². The van der Waals surface area contributed by atoms with Gasteiger partial charge in [0.2, 0.25) is 5.13 Å². The quantitative estimate of drug-likeness (QED) is 0.214. The van der Waals surface area contributed by atoms with Gasteiger partial charge in [-0.15, -0.1) is 11.3 Å². The molecule has 0 bridgehead atoms. The minimum Gasteiger partial charge on any atom is -0.370 e. The first-order valence-corrected chi connectivity index (χ1v) is 8.54. The van der Waals surface area contributed by atoms with Gasteiger partial charge in [0.1, 0.15) is 12.0 Å². The van der Waals surface area contributed by atoms with Gasteiger partial charge < -0.3 is 16.8 Å². The van der Waals surface area contributed by atoms with Crippen LogP contribution in [-0.4, -0.2) is 33.1 Å². The van der Waals surface area contributed by atoms with Gasteiger partial charge in [0.25, 0.3) is 5.69 Å². The molecule has 0 saturated heterocycles. The Bertz CT molecular complexity index is 683. The smallest absolute Gasteiger partial charge is 0.287 e. The maximum atomic E-state index is 10.5. The lowest BCUT2D eigenvalue weighted by Crippen LogP contribution is -2.21. The minimum atomic E-state index is -0.475. The third kappa shape index (κ3) is 5.71. The topological polar surface area (TPSA) is 145 Å². The highest BCUT2D eigenvalue weighted by Crippen LogP contribution is 2.21. The van der Waals surface area contributed by atoms with Gasteiger partial charge in [-0.1, -0.05) is 0 Å². The van der Waals surface area contributed by atoms with E-state index in [-0.39, 0.29) is 11.6 Å². The van der Waals surface area contributed by atoms with E-state index >= 15 is 0 Å². The molecule has 0 aromatic carbocycles. The fourth-order valence-electron chi connectivity index (χ4n) is 1.55. The number of hydrogen-bond acceptors (Lipinski definition) is 8. The Labute approximate surface area is 140 Å². The van der Waals surface area contributed by atoms with E-state index in [2.05, 4.69) is 20.3 Å². The molecule has 0 spiro atoms. The van der Waals surface area contributed by atoms with Crippen LogP contribution in [0.2, 0.25) is 0 Å². The molecule has 0 unspecified atom stereocenters. The maximum absolute atomic E-state index is 10.5. The fourth-order valence-corrected chi connectivity index (χ4v) is 3.11. The number of pyridine rings is 1. The molecule has 122 valence electrons. The summed E-state index contributed by atoms with van der Waals surface area (Å²) in [5.41, 5.74) is 11.5. The number of hydrogen-bond donors (Lipinski definition) is 3. The molecule has 0 atom stereocenters. The second kappa shape index (κ2) is 8.29. The van der Waals surface area contributed by atoms with Crippen LogP contribution in [0, 0.1) is 10.1 Å². The first-order chi connectivity index (χ1) is 11.0. The molecular weight excluding hydrogens is 338 g/mol. The third-order valence-electron chi connectivity index (χ3n) is 2.53. The zero-order valence-electron chi connectivity index (χ0n) is 12.0. The molecule has 0 aliphatic rings. The van der Waals surface area contributed by atoms with E-state index < -0.39 is 4.92 Å². The molecule has 0 radical (unpaired) electrons. The Morgan fingerprint density at radius 2 is 2.30 bits per heavy atom. The second-order valence-corrected chi connectivity index (χ2v) is 6.24. The number of rotatable bonds is 8. The summed E-state index contributed by atoms with van der Waals surface area (Å²) in [6.45, 7) is 0.695. The molecular formula is C12H15N7O2S2. The van der Waals surface area contributed by atoms with Crippen molar-refractivity contribution in [2.45, 2.75) is 5.75 Å². The van der Waals surface area contributed by atoms with Crippen LogP contribution in [0.4, 0.5) is 16.6 Å². The highest BCUT2D eigenvalue weighted by atomic mass is 32.2. The first-order valence-electron chi connectivity index (χ1n) is 6.50. The molecule has 0 aliphatic carbocycles. The zero-order valence-corrected chi connectivity index (χ0v) is 13.6. The summed E-state index contributed by atoms with van der Waals surface area (Å²) in [4.78, 5) is 22.2. The summed E-state index contributed by atoms with van der Waals surface area (Å²) in [7, 11) is 0. The number of nitrogens with zero attached hydrogens (tertiary/aromatic N) is 4. The lowest BCUT2D eigenvalue weighted by atomic mass is 10.4.